The van der Waals surface area contributed by atoms with Crippen molar-refractivity contribution in [2.24, 2.45) is 11.5 Å². The molecule has 0 aliphatic heterocycles. The second kappa shape index (κ2) is 8.62. The van der Waals surface area contributed by atoms with Crippen LogP contribution in [0.15, 0.2) is 12.0 Å². The summed E-state index contributed by atoms with van der Waals surface area (Å²) in [5.41, 5.74) is 8.50. The average Bonchev–Trinajstić information content (AvgIpc) is 1.98. The summed E-state index contributed by atoms with van der Waals surface area (Å²) >= 11 is 0. The Balaban J connectivity index is 0. The highest BCUT2D eigenvalue weighted by molar-refractivity contribution is 5.69. The van der Waals surface area contributed by atoms with Crippen molar-refractivity contribution in [3.05, 3.63) is 12.0 Å². The molecule has 78 valence electrons. The lowest BCUT2D eigenvalue weighted by molar-refractivity contribution is -0.00942. The number of amides is 2. The number of ether oxygens (including phenoxy) is 2. The number of carbonyl (C=O) groups is 1. The van der Waals surface area contributed by atoms with Crippen LogP contribution in [-0.4, -0.2) is 36.8 Å². The normalized spacial score (nSPS) is 8.08. The number of aliphatic hydroxyl groups excluding tert-OH is 1. The number of hydrogen-bond donors (Lipinski definition) is 4. The number of methoxy groups -OCH3 is 2. The minimum absolute atomic E-state index is 0.0880. The van der Waals surface area contributed by atoms with Crippen LogP contribution in [0.5, 0.6) is 0 Å². The maximum absolute atomic E-state index is 9.00. The van der Waals surface area contributed by atoms with Crippen LogP contribution in [0.2, 0.25) is 0 Å². The third kappa shape index (κ3) is 18.0. The van der Waals surface area contributed by atoms with Crippen LogP contribution in [0, 0.1) is 0 Å². The molecule has 0 unspecified atom stereocenters. The number of rotatable bonds is 3. The third-order valence-corrected chi connectivity index (χ3v) is 0.688. The molecule has 0 fully saturated rings. The van der Waals surface area contributed by atoms with E-state index in [1.807, 2.05) is 0 Å². The van der Waals surface area contributed by atoms with Crippen LogP contribution >= 0.6 is 0 Å². The zero-order valence-corrected chi connectivity index (χ0v) is 7.43. The predicted molar refractivity (Wildman–Crippen MR) is 44.1 cm³/mol. The summed E-state index contributed by atoms with van der Waals surface area (Å²) < 4.78 is 9.06. The Morgan fingerprint density at radius 2 is 1.62 bits per heavy atom. The van der Waals surface area contributed by atoms with E-state index >= 15 is 0 Å². The predicted octanol–water partition coefficient (Wildman–Crippen LogP) is -1.54. The Bertz CT molecular complexity index is 158. The molecule has 0 rings (SSSR count). The number of hydrogen-bond acceptors (Lipinski definition) is 5. The monoisotopic (exact) mass is 194 g/mol. The van der Waals surface area contributed by atoms with E-state index in [1.165, 1.54) is 14.2 Å². The molecular formula is C6H14N2O5. The third-order valence-electron chi connectivity index (χ3n) is 0.688. The lowest BCUT2D eigenvalue weighted by Gasteiger charge is -2.03. The van der Waals surface area contributed by atoms with E-state index in [1.54, 1.807) is 0 Å². The second-order valence-corrected chi connectivity index (χ2v) is 1.71. The Hall–Kier alpha value is -1.47. The van der Waals surface area contributed by atoms with Gasteiger partial charge < -0.3 is 31.2 Å². The molecule has 0 saturated heterocycles. The molecule has 0 bridgehead atoms. The van der Waals surface area contributed by atoms with E-state index in [2.05, 4.69) is 20.9 Å². The molecule has 7 heteroatoms. The minimum Gasteiger partial charge on any atom is -0.469 e. The van der Waals surface area contributed by atoms with Crippen LogP contribution in [0.25, 0.3) is 0 Å². The first-order chi connectivity index (χ1) is 5.93. The topological polar surface area (TPSA) is 128 Å². The summed E-state index contributed by atoms with van der Waals surface area (Å²) in [6.45, 7) is 0. The Morgan fingerprint density at radius 1 is 1.31 bits per heavy atom. The van der Waals surface area contributed by atoms with Gasteiger partial charge in [0.15, 0.2) is 6.29 Å². The van der Waals surface area contributed by atoms with Gasteiger partial charge >= 0.3 is 6.03 Å². The van der Waals surface area contributed by atoms with Gasteiger partial charge in [-0.3, -0.25) is 0 Å². The Morgan fingerprint density at radius 3 is 1.69 bits per heavy atom. The van der Waals surface area contributed by atoms with Gasteiger partial charge in [-0.25, -0.2) is 4.79 Å². The highest BCUT2D eigenvalue weighted by Crippen LogP contribution is 1.95. The molecule has 0 aromatic heterocycles. The summed E-state index contributed by atoms with van der Waals surface area (Å²) in [7, 11) is 2.75. The van der Waals surface area contributed by atoms with Gasteiger partial charge in [-0.15, -0.1) is 0 Å². The maximum atomic E-state index is 9.00. The summed E-state index contributed by atoms with van der Waals surface area (Å²) in [5.74, 6) is 0.0880. The number of nitrogens with two attached hydrogens (primary N) is 2. The SMILES string of the molecule is COC(=CC(O)O)OC.NC(N)=O. The maximum Gasteiger partial charge on any atom is 0.309 e. The van der Waals surface area contributed by atoms with Crippen LogP contribution in [0.1, 0.15) is 0 Å². The number of aliphatic hydroxyl groups is 2. The molecule has 0 radical (unpaired) electrons. The van der Waals surface area contributed by atoms with E-state index in [9.17, 15) is 0 Å². The fourth-order valence-corrected chi connectivity index (χ4v) is 0.341. The fraction of sp³-hybridized carbons (Fsp3) is 0.500. The Kier molecular flexibility index (Phi) is 9.34. The van der Waals surface area contributed by atoms with Crippen molar-refractivity contribution in [2.75, 3.05) is 14.2 Å². The smallest absolute Gasteiger partial charge is 0.309 e. The molecule has 0 aromatic rings. The fourth-order valence-electron chi connectivity index (χ4n) is 0.341. The molecule has 13 heavy (non-hydrogen) atoms. The standard InChI is InChI=1S/C5H10O4.CH4N2O/c1-8-5(9-2)3-4(6)7;2-1(3)4/h3-4,6-7H,1-2H3;(H4,2,3,4). The average molecular weight is 194 g/mol. The van der Waals surface area contributed by atoms with Crippen molar-refractivity contribution >= 4 is 6.03 Å². The van der Waals surface area contributed by atoms with Crippen LogP contribution in [0.4, 0.5) is 4.79 Å². The van der Waals surface area contributed by atoms with E-state index in [0.29, 0.717) is 0 Å². The summed E-state index contributed by atoms with van der Waals surface area (Å²) in [4.78, 5) is 9.00. The van der Waals surface area contributed by atoms with E-state index in [4.69, 9.17) is 15.0 Å². The second-order valence-electron chi connectivity index (χ2n) is 1.71. The molecule has 0 aliphatic carbocycles. The molecule has 6 N–H and O–H groups in total. The number of primary amides is 2. The zero-order chi connectivity index (χ0) is 10.9. The lowest BCUT2D eigenvalue weighted by atomic mass is 10.6. The molecule has 0 atom stereocenters. The molecular weight excluding hydrogens is 180 g/mol. The minimum atomic E-state index is -1.53. The van der Waals surface area contributed by atoms with Crippen molar-refractivity contribution < 1.29 is 24.5 Å². The molecule has 0 spiro atoms. The van der Waals surface area contributed by atoms with Gasteiger partial charge in [0.05, 0.1) is 20.3 Å². The first-order valence-electron chi connectivity index (χ1n) is 3.14. The largest absolute Gasteiger partial charge is 0.469 e. The highest BCUT2D eigenvalue weighted by Gasteiger charge is 1.96. The highest BCUT2D eigenvalue weighted by atomic mass is 16.7. The Labute approximate surface area is 75.5 Å². The van der Waals surface area contributed by atoms with Gasteiger partial charge in [-0.05, 0) is 0 Å². The van der Waals surface area contributed by atoms with Crippen molar-refractivity contribution in [1.29, 1.82) is 0 Å². The first kappa shape index (κ1) is 14.1. The van der Waals surface area contributed by atoms with Crippen LogP contribution in [-0.2, 0) is 9.47 Å². The van der Waals surface area contributed by atoms with Crippen LogP contribution in [0.3, 0.4) is 0 Å². The van der Waals surface area contributed by atoms with Gasteiger partial charge in [0, 0.05) is 0 Å². The van der Waals surface area contributed by atoms with E-state index in [-0.39, 0.29) is 5.95 Å². The summed E-state index contributed by atoms with van der Waals surface area (Å²) in [5, 5.41) is 16.6. The van der Waals surface area contributed by atoms with E-state index in [0.717, 1.165) is 6.08 Å². The zero-order valence-electron chi connectivity index (χ0n) is 7.43. The van der Waals surface area contributed by atoms with Gasteiger partial charge in [-0.1, -0.05) is 0 Å². The van der Waals surface area contributed by atoms with E-state index < -0.39 is 12.3 Å². The molecule has 0 aromatic carbocycles. The van der Waals surface area contributed by atoms with Crippen molar-refractivity contribution in [2.45, 2.75) is 6.29 Å². The lowest BCUT2D eigenvalue weighted by Crippen LogP contribution is -2.18. The van der Waals surface area contributed by atoms with Gasteiger partial charge in [-0.2, -0.15) is 0 Å². The molecule has 7 nitrogen and oxygen atoms in total. The molecule has 0 heterocycles. The number of urea groups is 1. The van der Waals surface area contributed by atoms with Crippen molar-refractivity contribution in [3.8, 4) is 0 Å². The molecule has 0 saturated carbocycles. The van der Waals surface area contributed by atoms with Gasteiger partial charge in [0.1, 0.15) is 0 Å². The summed E-state index contributed by atoms with van der Waals surface area (Å²) in [6.07, 6.45) is -0.500. The molecule has 0 aliphatic rings. The number of carbonyl (C=O) groups excluding carboxylic acids is 1. The molecule has 2 amide bonds. The summed E-state index contributed by atoms with van der Waals surface area (Å²) in [6, 6.07) is -0.833. The van der Waals surface area contributed by atoms with Gasteiger partial charge in [0.25, 0.3) is 5.95 Å². The van der Waals surface area contributed by atoms with Crippen molar-refractivity contribution in [3.63, 3.8) is 0 Å². The first-order valence-corrected chi connectivity index (χ1v) is 3.14. The van der Waals surface area contributed by atoms with Crippen LogP contribution < -0.4 is 11.5 Å². The quantitative estimate of drug-likeness (QED) is 0.319. The van der Waals surface area contributed by atoms with Crippen molar-refractivity contribution in [1.82, 2.24) is 0 Å². The van der Waals surface area contributed by atoms with Gasteiger partial charge in [0.2, 0.25) is 0 Å².